The molecule has 1 N–H and O–H groups in total. The molecule has 0 saturated carbocycles. The molecule has 0 fully saturated rings. The number of aryl methyl sites for hydroxylation is 1. The van der Waals surface area contributed by atoms with Gasteiger partial charge in [0.2, 0.25) is 0 Å². The summed E-state index contributed by atoms with van der Waals surface area (Å²) in [6.45, 7) is 0.321. The molecule has 0 unspecified atom stereocenters. The number of hydrogen-bond donors (Lipinski definition) is 1. The Balaban J connectivity index is 1.87. The Hall–Kier alpha value is -2.15. The van der Waals surface area contributed by atoms with Crippen molar-refractivity contribution < 1.29 is 18.3 Å². The van der Waals surface area contributed by atoms with Crippen molar-refractivity contribution in [2.24, 2.45) is 7.05 Å². The van der Waals surface area contributed by atoms with Gasteiger partial charge in [-0.1, -0.05) is 23.7 Å². The minimum atomic E-state index is -2.80. The largest absolute Gasteiger partial charge is 0.490 e. The third-order valence-electron chi connectivity index (χ3n) is 2.79. The average Bonchev–Trinajstić information content (AvgIpc) is 2.87. The number of nitrogens with one attached hydrogen (secondary N) is 1. The van der Waals surface area contributed by atoms with Crippen LogP contribution < -0.4 is 10.1 Å². The quantitative estimate of drug-likeness (QED) is 0.829. The highest BCUT2D eigenvalue weighted by atomic mass is 35.5. The van der Waals surface area contributed by atoms with Crippen LogP contribution in [0, 0.1) is 0 Å². The smallest absolute Gasteiger partial charge is 0.282 e. The van der Waals surface area contributed by atoms with Crippen LogP contribution in [0.1, 0.15) is 22.5 Å². The summed E-state index contributed by atoms with van der Waals surface area (Å²) in [7, 11) is 1.48. The Morgan fingerprint density at radius 2 is 2.18 bits per heavy atom. The van der Waals surface area contributed by atoms with E-state index in [0.29, 0.717) is 10.8 Å². The van der Waals surface area contributed by atoms with Crippen LogP contribution in [0.25, 0.3) is 0 Å². The zero-order chi connectivity index (χ0) is 16.1. The number of para-hydroxylation sites is 1. The molecule has 1 amide bonds. The van der Waals surface area contributed by atoms with E-state index in [2.05, 4.69) is 10.4 Å². The molecule has 22 heavy (non-hydrogen) atoms. The maximum absolute atomic E-state index is 12.8. The number of nitrogens with zero attached hydrogens (tertiary/aromatic N) is 2. The van der Waals surface area contributed by atoms with E-state index in [1.807, 2.05) is 0 Å². The number of alkyl halides is 2. The first-order valence-electron chi connectivity index (χ1n) is 6.46. The highest BCUT2D eigenvalue weighted by molar-refractivity contribution is 6.32. The number of rotatable bonds is 6. The second-order valence-electron chi connectivity index (χ2n) is 4.44. The van der Waals surface area contributed by atoms with E-state index < -0.39 is 18.0 Å². The number of hydrogen-bond acceptors (Lipinski definition) is 3. The second-order valence-corrected chi connectivity index (χ2v) is 4.84. The monoisotopic (exact) mass is 329 g/mol. The van der Waals surface area contributed by atoms with Crippen LogP contribution in [0.15, 0.2) is 30.5 Å². The predicted molar refractivity (Wildman–Crippen MR) is 77.4 cm³/mol. The van der Waals surface area contributed by atoms with Crippen LogP contribution in [0.4, 0.5) is 8.78 Å². The molecule has 0 atom stereocenters. The fraction of sp³-hybridized carbons (Fsp3) is 0.286. The Morgan fingerprint density at radius 1 is 1.45 bits per heavy atom. The standard InChI is InChI=1S/C14H14ClF2N3O2/c1-20-8-9(12(19-20)13(16)17)14(21)18-6-7-22-11-5-3-2-4-10(11)15/h2-5,8,13H,6-7H2,1H3,(H,18,21). The van der Waals surface area contributed by atoms with Crippen molar-refractivity contribution in [3.8, 4) is 5.75 Å². The number of ether oxygens (including phenoxy) is 1. The van der Waals surface area contributed by atoms with Gasteiger partial charge in [-0.05, 0) is 12.1 Å². The van der Waals surface area contributed by atoms with Crippen LogP contribution in [0.2, 0.25) is 5.02 Å². The van der Waals surface area contributed by atoms with E-state index in [1.165, 1.54) is 17.9 Å². The maximum Gasteiger partial charge on any atom is 0.282 e. The Bertz CT molecular complexity index is 661. The first-order chi connectivity index (χ1) is 10.5. The number of amides is 1. The molecule has 0 bridgehead atoms. The van der Waals surface area contributed by atoms with Gasteiger partial charge in [-0.15, -0.1) is 0 Å². The average molecular weight is 330 g/mol. The number of aromatic nitrogens is 2. The summed E-state index contributed by atoms with van der Waals surface area (Å²) in [5, 5.41) is 6.54. The van der Waals surface area contributed by atoms with Gasteiger partial charge in [-0.2, -0.15) is 5.10 Å². The lowest BCUT2D eigenvalue weighted by atomic mass is 10.2. The Labute approximate surface area is 130 Å². The normalized spacial score (nSPS) is 10.8. The van der Waals surface area contributed by atoms with E-state index in [4.69, 9.17) is 16.3 Å². The molecule has 0 aliphatic heterocycles. The lowest BCUT2D eigenvalue weighted by Gasteiger charge is -2.08. The molecule has 2 aromatic rings. The lowest BCUT2D eigenvalue weighted by molar-refractivity contribution is 0.0932. The van der Waals surface area contributed by atoms with Gasteiger partial charge in [0.25, 0.3) is 12.3 Å². The minimum absolute atomic E-state index is 0.143. The van der Waals surface area contributed by atoms with E-state index in [1.54, 1.807) is 24.3 Å². The first-order valence-corrected chi connectivity index (χ1v) is 6.84. The highest BCUT2D eigenvalue weighted by Crippen LogP contribution is 2.23. The van der Waals surface area contributed by atoms with Crippen LogP contribution in [0.3, 0.4) is 0 Å². The summed E-state index contributed by atoms with van der Waals surface area (Å²) in [6.07, 6.45) is -1.55. The predicted octanol–water partition coefficient (Wildman–Crippen LogP) is 2.82. The molecule has 0 aliphatic carbocycles. The maximum atomic E-state index is 12.8. The molecule has 8 heteroatoms. The molecule has 118 valence electrons. The third kappa shape index (κ3) is 3.94. The summed E-state index contributed by atoms with van der Waals surface area (Å²) < 4.78 is 32.1. The van der Waals surface area contributed by atoms with Gasteiger partial charge in [0, 0.05) is 13.2 Å². The fourth-order valence-electron chi connectivity index (χ4n) is 1.82. The Kier molecular flexibility index (Phi) is 5.32. The molecule has 2 rings (SSSR count). The molecule has 1 heterocycles. The van der Waals surface area contributed by atoms with E-state index in [0.717, 1.165) is 0 Å². The minimum Gasteiger partial charge on any atom is -0.490 e. The molecular formula is C14H14ClF2N3O2. The number of halogens is 3. The van der Waals surface area contributed by atoms with Gasteiger partial charge < -0.3 is 10.1 Å². The molecular weight excluding hydrogens is 316 g/mol. The van der Waals surface area contributed by atoms with Gasteiger partial charge >= 0.3 is 0 Å². The molecule has 0 radical (unpaired) electrons. The van der Waals surface area contributed by atoms with Crippen molar-refractivity contribution in [3.05, 3.63) is 46.7 Å². The van der Waals surface area contributed by atoms with Crippen LogP contribution in [-0.4, -0.2) is 28.8 Å². The van der Waals surface area contributed by atoms with Crippen LogP contribution in [0.5, 0.6) is 5.75 Å². The third-order valence-corrected chi connectivity index (χ3v) is 3.10. The van der Waals surface area contributed by atoms with Crippen LogP contribution in [-0.2, 0) is 7.05 Å². The molecule has 0 saturated heterocycles. The van der Waals surface area contributed by atoms with E-state index in [-0.39, 0.29) is 18.7 Å². The van der Waals surface area contributed by atoms with Gasteiger partial charge in [-0.25, -0.2) is 8.78 Å². The summed E-state index contributed by atoms with van der Waals surface area (Å²) in [5.41, 5.74) is -0.678. The van der Waals surface area contributed by atoms with Crippen molar-refractivity contribution in [1.29, 1.82) is 0 Å². The summed E-state index contributed by atoms with van der Waals surface area (Å²) in [6, 6.07) is 6.91. The second kappa shape index (κ2) is 7.22. The van der Waals surface area contributed by atoms with E-state index in [9.17, 15) is 13.6 Å². The number of carbonyl (C=O) groups is 1. The molecule has 5 nitrogen and oxygen atoms in total. The molecule has 1 aromatic carbocycles. The first kappa shape index (κ1) is 16.2. The molecule has 1 aromatic heterocycles. The van der Waals surface area contributed by atoms with Crippen molar-refractivity contribution in [2.45, 2.75) is 6.43 Å². The fourth-order valence-corrected chi connectivity index (χ4v) is 2.01. The van der Waals surface area contributed by atoms with Crippen molar-refractivity contribution >= 4 is 17.5 Å². The zero-order valence-corrected chi connectivity index (χ0v) is 12.5. The van der Waals surface area contributed by atoms with Crippen LogP contribution >= 0.6 is 11.6 Å². The molecule has 0 spiro atoms. The summed E-state index contributed by atoms with van der Waals surface area (Å²) in [5.74, 6) is -0.126. The molecule has 0 aliphatic rings. The van der Waals surface area contributed by atoms with Crippen molar-refractivity contribution in [1.82, 2.24) is 15.1 Å². The van der Waals surface area contributed by atoms with Gasteiger partial charge in [0.1, 0.15) is 18.1 Å². The zero-order valence-electron chi connectivity index (χ0n) is 11.7. The van der Waals surface area contributed by atoms with Gasteiger partial charge in [-0.3, -0.25) is 9.48 Å². The number of benzene rings is 1. The van der Waals surface area contributed by atoms with E-state index >= 15 is 0 Å². The summed E-state index contributed by atoms with van der Waals surface area (Å²) in [4.78, 5) is 11.9. The van der Waals surface area contributed by atoms with Crippen molar-refractivity contribution in [3.63, 3.8) is 0 Å². The SMILES string of the molecule is Cn1cc(C(=O)NCCOc2ccccc2Cl)c(C(F)F)n1. The highest BCUT2D eigenvalue weighted by Gasteiger charge is 2.22. The summed E-state index contributed by atoms with van der Waals surface area (Å²) >= 11 is 5.91. The van der Waals surface area contributed by atoms with Gasteiger partial charge in [0.05, 0.1) is 17.1 Å². The van der Waals surface area contributed by atoms with Crippen molar-refractivity contribution in [2.75, 3.05) is 13.2 Å². The number of carbonyl (C=O) groups excluding carboxylic acids is 1. The van der Waals surface area contributed by atoms with Gasteiger partial charge in [0.15, 0.2) is 0 Å². The lowest BCUT2D eigenvalue weighted by Crippen LogP contribution is -2.28. The Morgan fingerprint density at radius 3 is 2.86 bits per heavy atom. The topological polar surface area (TPSA) is 56.2 Å².